The lowest BCUT2D eigenvalue weighted by molar-refractivity contribution is -0.138. The molecule has 2 rings (SSSR count). The molecule has 19 heavy (non-hydrogen) atoms. The van der Waals surface area contributed by atoms with Gasteiger partial charge in [-0.1, -0.05) is 25.1 Å². The van der Waals surface area contributed by atoms with Gasteiger partial charge in [-0.15, -0.1) is 0 Å². The van der Waals surface area contributed by atoms with Gasteiger partial charge in [0.25, 0.3) is 0 Å². The Morgan fingerprint density at radius 2 is 2.00 bits per heavy atom. The summed E-state index contributed by atoms with van der Waals surface area (Å²) >= 11 is 0. The first-order valence-electron chi connectivity index (χ1n) is 6.19. The maximum absolute atomic E-state index is 13.0. The average molecular weight is 291 g/mol. The first-order valence-corrected chi connectivity index (χ1v) is 7.67. The summed E-state index contributed by atoms with van der Waals surface area (Å²) in [5, 5.41) is 3.17. The Morgan fingerprint density at radius 3 is 2.63 bits per heavy atom. The maximum atomic E-state index is 13.0. The molecular weight excluding hydrogens is 275 g/mol. The van der Waals surface area contributed by atoms with Crippen LogP contribution in [0, 0.1) is 0 Å². The van der Waals surface area contributed by atoms with Crippen LogP contribution in [0.2, 0.25) is 0 Å². The van der Waals surface area contributed by atoms with Crippen LogP contribution >= 0.6 is 0 Å². The Hall–Kier alpha value is -0.880. The fraction of sp³-hybridized carbons (Fsp3) is 0.538. The molecule has 1 saturated heterocycles. The van der Waals surface area contributed by atoms with Crippen molar-refractivity contribution in [3.05, 3.63) is 35.4 Å². The highest BCUT2D eigenvalue weighted by Gasteiger charge is 2.36. The third-order valence-corrected chi connectivity index (χ3v) is 4.79. The molecule has 0 aliphatic carbocycles. The molecule has 0 aromatic heterocycles. The smallest absolute Gasteiger partial charge is 0.305 e. The quantitative estimate of drug-likeness (QED) is 0.908. The summed E-state index contributed by atoms with van der Waals surface area (Å²) in [4.78, 5) is 0. The highest BCUT2D eigenvalue weighted by Crippen LogP contribution is 2.35. The van der Waals surface area contributed by atoms with Gasteiger partial charge in [0.15, 0.2) is 0 Å². The van der Waals surface area contributed by atoms with E-state index >= 15 is 0 Å². The van der Waals surface area contributed by atoms with Crippen molar-refractivity contribution in [3.8, 4) is 0 Å². The third-order valence-electron chi connectivity index (χ3n) is 3.31. The predicted octanol–water partition coefficient (Wildman–Crippen LogP) is 2.88. The lowest BCUT2D eigenvalue weighted by atomic mass is 10.00. The van der Waals surface area contributed by atoms with Crippen molar-refractivity contribution in [1.82, 2.24) is 5.32 Å². The monoisotopic (exact) mass is 291 g/mol. The van der Waals surface area contributed by atoms with Gasteiger partial charge in [0.05, 0.1) is 5.56 Å². The molecule has 106 valence electrons. The average Bonchev–Trinajstić information content (AvgIpc) is 2.37. The number of rotatable bonds is 2. The molecule has 0 spiro atoms. The van der Waals surface area contributed by atoms with Gasteiger partial charge < -0.3 is 5.32 Å². The highest BCUT2D eigenvalue weighted by molar-refractivity contribution is 7.85. The molecular formula is C13H16F3NOS. The lowest BCUT2D eigenvalue weighted by Gasteiger charge is -2.31. The molecule has 1 aliphatic heterocycles. The van der Waals surface area contributed by atoms with E-state index in [1.54, 1.807) is 6.07 Å². The number of alkyl halides is 3. The van der Waals surface area contributed by atoms with Crippen LogP contribution in [0.1, 0.15) is 30.5 Å². The van der Waals surface area contributed by atoms with Gasteiger partial charge in [-0.05, 0) is 18.1 Å². The zero-order valence-electron chi connectivity index (χ0n) is 10.5. The van der Waals surface area contributed by atoms with Crippen molar-refractivity contribution in [3.63, 3.8) is 0 Å². The topological polar surface area (TPSA) is 29.1 Å². The maximum Gasteiger partial charge on any atom is 0.416 e. The van der Waals surface area contributed by atoms with Gasteiger partial charge in [-0.2, -0.15) is 13.2 Å². The van der Waals surface area contributed by atoms with Crippen molar-refractivity contribution in [2.24, 2.45) is 0 Å². The second-order valence-electron chi connectivity index (χ2n) is 4.68. The zero-order chi connectivity index (χ0) is 14.0. The summed E-state index contributed by atoms with van der Waals surface area (Å²) in [5.74, 6) is 0.755. The van der Waals surface area contributed by atoms with Gasteiger partial charge >= 0.3 is 6.18 Å². The van der Waals surface area contributed by atoms with Crippen molar-refractivity contribution < 1.29 is 17.4 Å². The minimum atomic E-state index is -4.38. The van der Waals surface area contributed by atoms with Crippen molar-refractivity contribution in [1.29, 1.82) is 0 Å². The van der Waals surface area contributed by atoms with E-state index in [0.717, 1.165) is 12.5 Å². The predicted molar refractivity (Wildman–Crippen MR) is 69.3 cm³/mol. The van der Waals surface area contributed by atoms with Gasteiger partial charge in [-0.25, -0.2) is 0 Å². The summed E-state index contributed by atoms with van der Waals surface area (Å²) in [6.07, 6.45) is -3.62. The van der Waals surface area contributed by atoms with Gasteiger partial charge in [0, 0.05) is 34.4 Å². The second-order valence-corrected chi connectivity index (χ2v) is 6.23. The van der Waals surface area contributed by atoms with E-state index < -0.39 is 28.6 Å². The van der Waals surface area contributed by atoms with Crippen LogP contribution in [0.4, 0.5) is 13.2 Å². The Bertz CT molecular complexity index is 475. The summed E-state index contributed by atoms with van der Waals surface area (Å²) in [7, 11) is -1.07. The van der Waals surface area contributed by atoms with Crippen LogP contribution in [0.5, 0.6) is 0 Å². The largest absolute Gasteiger partial charge is 0.416 e. The molecule has 1 fully saturated rings. The van der Waals surface area contributed by atoms with E-state index in [2.05, 4.69) is 5.32 Å². The minimum Gasteiger partial charge on any atom is -0.305 e. The number of halogens is 3. The van der Waals surface area contributed by atoms with Crippen LogP contribution < -0.4 is 5.32 Å². The van der Waals surface area contributed by atoms with Crippen LogP contribution in [-0.2, 0) is 17.0 Å². The normalized spacial score (nSPS) is 28.3. The van der Waals surface area contributed by atoms with E-state index in [9.17, 15) is 17.4 Å². The van der Waals surface area contributed by atoms with Gasteiger partial charge in [0.1, 0.15) is 0 Å². The van der Waals surface area contributed by atoms with E-state index in [4.69, 9.17) is 0 Å². The Morgan fingerprint density at radius 1 is 1.32 bits per heavy atom. The Balaban J connectivity index is 2.33. The molecule has 1 aliphatic rings. The number of nitrogens with one attached hydrogen (secondary N) is 1. The molecule has 1 heterocycles. The van der Waals surface area contributed by atoms with Crippen LogP contribution in [0.3, 0.4) is 0 Å². The molecule has 6 heteroatoms. The first-order chi connectivity index (χ1) is 8.91. The van der Waals surface area contributed by atoms with Crippen LogP contribution in [0.25, 0.3) is 0 Å². The van der Waals surface area contributed by atoms with Gasteiger partial charge in [0.2, 0.25) is 0 Å². The molecule has 1 N–H and O–H groups in total. The fourth-order valence-electron chi connectivity index (χ4n) is 2.33. The summed E-state index contributed by atoms with van der Waals surface area (Å²) < 4.78 is 50.7. The van der Waals surface area contributed by atoms with E-state index in [-0.39, 0.29) is 17.4 Å². The molecule has 0 radical (unpaired) electrons. The first kappa shape index (κ1) is 14.5. The molecule has 0 amide bonds. The fourth-order valence-corrected chi connectivity index (χ4v) is 3.90. The van der Waals surface area contributed by atoms with Crippen molar-refractivity contribution in [2.75, 3.05) is 11.5 Å². The SMILES string of the molecule is CCC1CS(=O)CC(c2ccccc2C(F)(F)F)N1. The Labute approximate surface area is 112 Å². The number of hydrogen-bond acceptors (Lipinski definition) is 2. The number of hydrogen-bond donors (Lipinski definition) is 1. The molecule has 3 atom stereocenters. The van der Waals surface area contributed by atoms with E-state index in [0.29, 0.717) is 5.75 Å². The second kappa shape index (κ2) is 5.63. The lowest BCUT2D eigenvalue weighted by Crippen LogP contribution is -2.45. The third kappa shape index (κ3) is 3.36. The molecule has 0 saturated carbocycles. The standard InChI is InChI=1S/C13H16F3NOS/c1-2-9-7-19(18)8-12(17-9)10-5-3-4-6-11(10)13(14,15)16/h3-6,9,12,17H,2,7-8H2,1H3. The molecule has 2 nitrogen and oxygen atoms in total. The van der Waals surface area contributed by atoms with E-state index in [1.165, 1.54) is 12.1 Å². The summed E-state index contributed by atoms with van der Waals surface area (Å²) in [6.45, 7) is 1.94. The summed E-state index contributed by atoms with van der Waals surface area (Å²) in [6, 6.07) is 5.04. The molecule has 0 bridgehead atoms. The summed E-state index contributed by atoms with van der Waals surface area (Å²) in [5.41, 5.74) is -0.442. The molecule has 3 unspecified atom stereocenters. The van der Waals surface area contributed by atoms with Gasteiger partial charge in [-0.3, -0.25) is 4.21 Å². The van der Waals surface area contributed by atoms with Crippen molar-refractivity contribution >= 4 is 10.8 Å². The highest BCUT2D eigenvalue weighted by atomic mass is 32.2. The van der Waals surface area contributed by atoms with Crippen LogP contribution in [-0.4, -0.2) is 21.8 Å². The minimum absolute atomic E-state index is 0.0147. The Kier molecular flexibility index (Phi) is 4.30. The zero-order valence-corrected chi connectivity index (χ0v) is 11.4. The van der Waals surface area contributed by atoms with Crippen molar-refractivity contribution in [2.45, 2.75) is 31.6 Å². The van der Waals surface area contributed by atoms with Crippen LogP contribution in [0.15, 0.2) is 24.3 Å². The molecule has 1 aromatic carbocycles. The number of benzene rings is 1. The van der Waals surface area contributed by atoms with E-state index in [1.807, 2.05) is 6.92 Å². The molecule has 1 aromatic rings.